The van der Waals surface area contributed by atoms with Gasteiger partial charge in [0, 0.05) is 5.92 Å². The maximum absolute atomic E-state index is 11.9. The Labute approximate surface area is 61.8 Å². The molecular formula is C6H6F2N2O. The number of nitrogens with two attached hydrogens (primary N) is 1. The number of carbonyl (C=O) groups excluding carboxylic acids is 1. The summed E-state index contributed by atoms with van der Waals surface area (Å²) < 4.78 is 23.8. The number of halogens is 2. The van der Waals surface area contributed by atoms with Crippen LogP contribution in [0.15, 0.2) is 0 Å². The average molecular weight is 160 g/mol. The van der Waals surface area contributed by atoms with E-state index in [0.717, 1.165) is 0 Å². The van der Waals surface area contributed by atoms with Crippen LogP contribution in [0, 0.1) is 22.7 Å². The first-order valence-corrected chi connectivity index (χ1v) is 3.04. The smallest absolute Gasteiger partial charge is 0.243 e. The number of alkyl halides is 2. The van der Waals surface area contributed by atoms with Crippen LogP contribution >= 0.6 is 0 Å². The molecule has 1 aliphatic rings. The molecule has 0 bridgehead atoms. The molecule has 0 unspecified atom stereocenters. The quantitative estimate of drug-likeness (QED) is 0.629. The van der Waals surface area contributed by atoms with Crippen molar-refractivity contribution in [3.63, 3.8) is 0 Å². The van der Waals surface area contributed by atoms with Gasteiger partial charge in [0.1, 0.15) is 5.41 Å². The number of amides is 1. The van der Waals surface area contributed by atoms with Crippen LogP contribution in [0.25, 0.3) is 0 Å². The summed E-state index contributed by atoms with van der Waals surface area (Å²) in [6, 6.07) is 1.53. The van der Waals surface area contributed by atoms with Gasteiger partial charge in [0.05, 0.1) is 6.07 Å². The molecule has 0 aromatic carbocycles. The minimum atomic E-state index is -2.62. The lowest BCUT2D eigenvalue weighted by Gasteiger charge is -2.00. The molecule has 0 aromatic heterocycles. The van der Waals surface area contributed by atoms with Crippen molar-refractivity contribution in [1.29, 1.82) is 5.26 Å². The number of nitrogens with zero attached hydrogens (tertiary/aromatic N) is 1. The summed E-state index contributed by atoms with van der Waals surface area (Å²) in [5.41, 5.74) is 3.20. The fraction of sp³-hybridized carbons (Fsp3) is 0.667. The van der Waals surface area contributed by atoms with Crippen molar-refractivity contribution >= 4 is 5.91 Å². The van der Waals surface area contributed by atoms with Gasteiger partial charge in [-0.1, -0.05) is 0 Å². The number of hydrogen-bond donors (Lipinski definition) is 1. The summed E-state index contributed by atoms with van der Waals surface area (Å²) in [6.45, 7) is 0. The SMILES string of the molecule is N#C[C@@]1(C(N)=O)C[C@H]1C(F)F. The molecule has 0 spiro atoms. The lowest BCUT2D eigenvalue weighted by atomic mass is 10.1. The van der Waals surface area contributed by atoms with E-state index in [1.807, 2.05) is 0 Å². The standard InChI is InChI=1S/C6H6F2N2O/c7-4(8)3-1-6(3,2-9)5(10)11/h3-4H,1H2,(H2,10,11)/t3-,6-/m0/s1. The monoisotopic (exact) mass is 160 g/mol. The van der Waals surface area contributed by atoms with Gasteiger partial charge in [-0.25, -0.2) is 8.78 Å². The number of primary amides is 1. The molecule has 1 rings (SSSR count). The Morgan fingerprint density at radius 2 is 2.36 bits per heavy atom. The van der Waals surface area contributed by atoms with Crippen LogP contribution in [-0.2, 0) is 4.79 Å². The van der Waals surface area contributed by atoms with Crippen molar-refractivity contribution < 1.29 is 13.6 Å². The van der Waals surface area contributed by atoms with E-state index in [1.165, 1.54) is 6.07 Å². The van der Waals surface area contributed by atoms with Gasteiger partial charge in [-0.05, 0) is 6.42 Å². The Balaban J connectivity index is 2.74. The predicted octanol–water partition coefficient (Wildman–Crippen LogP) is 0.267. The molecular weight excluding hydrogens is 154 g/mol. The minimum Gasteiger partial charge on any atom is -0.368 e. The Morgan fingerprint density at radius 3 is 2.45 bits per heavy atom. The van der Waals surface area contributed by atoms with Crippen molar-refractivity contribution in [1.82, 2.24) is 0 Å². The first-order chi connectivity index (χ1) is 5.04. The summed E-state index contributed by atoms with van der Waals surface area (Å²) >= 11 is 0. The molecule has 0 radical (unpaired) electrons. The van der Waals surface area contributed by atoms with E-state index in [4.69, 9.17) is 11.0 Å². The molecule has 11 heavy (non-hydrogen) atoms. The van der Waals surface area contributed by atoms with E-state index in [1.54, 1.807) is 0 Å². The highest BCUT2D eigenvalue weighted by Crippen LogP contribution is 2.54. The van der Waals surface area contributed by atoms with Crippen LogP contribution in [0.2, 0.25) is 0 Å². The van der Waals surface area contributed by atoms with Crippen molar-refractivity contribution in [3.8, 4) is 6.07 Å². The van der Waals surface area contributed by atoms with Crippen LogP contribution in [0.1, 0.15) is 6.42 Å². The normalized spacial score (nSPS) is 34.9. The van der Waals surface area contributed by atoms with E-state index < -0.39 is 23.7 Å². The van der Waals surface area contributed by atoms with E-state index >= 15 is 0 Å². The Kier molecular flexibility index (Phi) is 1.55. The molecule has 1 fully saturated rings. The molecule has 0 aromatic rings. The number of nitriles is 1. The summed E-state index contributed by atoms with van der Waals surface area (Å²) in [4.78, 5) is 10.5. The van der Waals surface area contributed by atoms with Crippen molar-refractivity contribution in [2.45, 2.75) is 12.8 Å². The zero-order chi connectivity index (χ0) is 8.65. The molecule has 3 nitrogen and oxygen atoms in total. The molecule has 5 heteroatoms. The lowest BCUT2D eigenvalue weighted by molar-refractivity contribution is -0.122. The summed E-state index contributed by atoms with van der Waals surface area (Å²) in [5.74, 6) is -2.09. The summed E-state index contributed by atoms with van der Waals surface area (Å²) in [5, 5.41) is 8.36. The molecule has 0 saturated heterocycles. The van der Waals surface area contributed by atoms with Crippen LogP contribution in [0.4, 0.5) is 8.78 Å². The molecule has 1 amide bonds. The van der Waals surface area contributed by atoms with Gasteiger partial charge in [-0.3, -0.25) is 4.79 Å². The zero-order valence-electron chi connectivity index (χ0n) is 5.55. The highest BCUT2D eigenvalue weighted by atomic mass is 19.3. The highest BCUT2D eigenvalue weighted by Gasteiger charge is 2.64. The first kappa shape index (κ1) is 7.92. The van der Waals surface area contributed by atoms with Crippen molar-refractivity contribution in [2.24, 2.45) is 17.1 Å². The van der Waals surface area contributed by atoms with E-state index in [2.05, 4.69) is 0 Å². The maximum Gasteiger partial charge on any atom is 0.243 e. The van der Waals surface area contributed by atoms with Crippen LogP contribution in [0.5, 0.6) is 0 Å². The largest absolute Gasteiger partial charge is 0.368 e. The van der Waals surface area contributed by atoms with Crippen LogP contribution in [0.3, 0.4) is 0 Å². The third-order valence-electron chi connectivity index (χ3n) is 1.96. The zero-order valence-corrected chi connectivity index (χ0v) is 5.55. The van der Waals surface area contributed by atoms with Crippen LogP contribution in [-0.4, -0.2) is 12.3 Å². The topological polar surface area (TPSA) is 66.9 Å². The van der Waals surface area contributed by atoms with E-state index in [0.29, 0.717) is 0 Å². The third-order valence-corrected chi connectivity index (χ3v) is 1.96. The van der Waals surface area contributed by atoms with E-state index in [9.17, 15) is 13.6 Å². The molecule has 2 N–H and O–H groups in total. The summed E-state index contributed by atoms with van der Waals surface area (Å²) in [6.07, 6.45) is -2.72. The molecule has 60 valence electrons. The first-order valence-electron chi connectivity index (χ1n) is 3.04. The Hall–Kier alpha value is -1.18. The number of carbonyl (C=O) groups is 1. The second kappa shape index (κ2) is 2.16. The second-order valence-corrected chi connectivity index (χ2v) is 2.59. The van der Waals surface area contributed by atoms with Gasteiger partial charge in [0.15, 0.2) is 0 Å². The van der Waals surface area contributed by atoms with Crippen LogP contribution < -0.4 is 5.73 Å². The maximum atomic E-state index is 11.9. The molecule has 1 aliphatic carbocycles. The number of hydrogen-bond acceptors (Lipinski definition) is 2. The fourth-order valence-corrected chi connectivity index (χ4v) is 1.06. The summed E-state index contributed by atoms with van der Waals surface area (Å²) in [7, 11) is 0. The predicted molar refractivity (Wildman–Crippen MR) is 31.4 cm³/mol. The molecule has 1 saturated carbocycles. The van der Waals surface area contributed by atoms with Gasteiger partial charge in [0.2, 0.25) is 12.3 Å². The Morgan fingerprint density at radius 1 is 1.82 bits per heavy atom. The molecule has 2 atom stereocenters. The van der Waals surface area contributed by atoms with Gasteiger partial charge in [-0.15, -0.1) is 0 Å². The van der Waals surface area contributed by atoms with Gasteiger partial charge in [-0.2, -0.15) is 5.26 Å². The average Bonchev–Trinajstić information content (AvgIpc) is 2.62. The second-order valence-electron chi connectivity index (χ2n) is 2.59. The third kappa shape index (κ3) is 0.946. The van der Waals surface area contributed by atoms with Gasteiger partial charge in [0.25, 0.3) is 0 Å². The molecule has 0 heterocycles. The Bertz CT molecular complexity index is 235. The van der Waals surface area contributed by atoms with Crippen molar-refractivity contribution in [3.05, 3.63) is 0 Å². The van der Waals surface area contributed by atoms with Gasteiger partial charge < -0.3 is 5.73 Å². The lowest BCUT2D eigenvalue weighted by Crippen LogP contribution is -2.26. The highest BCUT2D eigenvalue weighted by molar-refractivity contribution is 5.87. The fourth-order valence-electron chi connectivity index (χ4n) is 1.06. The number of rotatable bonds is 2. The van der Waals surface area contributed by atoms with E-state index in [-0.39, 0.29) is 6.42 Å². The van der Waals surface area contributed by atoms with Gasteiger partial charge >= 0.3 is 0 Å². The van der Waals surface area contributed by atoms with Crippen molar-refractivity contribution in [2.75, 3.05) is 0 Å². The minimum absolute atomic E-state index is 0.101. The molecule has 0 aliphatic heterocycles.